The van der Waals surface area contributed by atoms with Crippen molar-refractivity contribution in [2.45, 2.75) is 32.7 Å². The maximum atomic E-state index is 12.2. The van der Waals surface area contributed by atoms with Crippen LogP contribution in [0.4, 0.5) is 4.79 Å². The van der Waals surface area contributed by atoms with Gasteiger partial charge >= 0.3 is 6.03 Å². The predicted octanol–water partition coefficient (Wildman–Crippen LogP) is 2.18. The average molecular weight is 303 g/mol. The lowest BCUT2D eigenvalue weighted by atomic mass is 10.0. The minimum absolute atomic E-state index is 0.0370. The zero-order chi connectivity index (χ0) is 16.1. The molecule has 5 nitrogen and oxygen atoms in total. The minimum atomic E-state index is -0.144. The summed E-state index contributed by atoms with van der Waals surface area (Å²) >= 11 is 0. The van der Waals surface area contributed by atoms with Gasteiger partial charge in [0.25, 0.3) is 0 Å². The summed E-state index contributed by atoms with van der Waals surface area (Å²) in [5, 5.41) is 2.76. The van der Waals surface area contributed by atoms with Crippen molar-refractivity contribution in [3.8, 4) is 0 Å². The number of hydrogen-bond acceptors (Lipinski definition) is 2. The van der Waals surface area contributed by atoms with Crippen molar-refractivity contribution in [2.24, 2.45) is 0 Å². The Bertz CT molecular complexity index is 525. The van der Waals surface area contributed by atoms with Crippen LogP contribution in [0.3, 0.4) is 0 Å². The third-order valence-corrected chi connectivity index (χ3v) is 3.99. The molecule has 1 saturated heterocycles. The number of carbonyl (C=O) groups is 2. The van der Waals surface area contributed by atoms with Crippen LogP contribution in [-0.2, 0) is 11.3 Å². The molecule has 5 heteroatoms. The van der Waals surface area contributed by atoms with Crippen molar-refractivity contribution in [2.75, 3.05) is 26.7 Å². The highest BCUT2D eigenvalue weighted by Crippen LogP contribution is 2.15. The fourth-order valence-corrected chi connectivity index (χ4v) is 2.48. The van der Waals surface area contributed by atoms with E-state index in [9.17, 15) is 9.59 Å². The largest absolute Gasteiger partial charge is 0.340 e. The maximum Gasteiger partial charge on any atom is 0.317 e. The van der Waals surface area contributed by atoms with Crippen molar-refractivity contribution < 1.29 is 9.59 Å². The zero-order valence-electron chi connectivity index (χ0n) is 13.6. The van der Waals surface area contributed by atoms with Crippen LogP contribution >= 0.6 is 0 Å². The van der Waals surface area contributed by atoms with Gasteiger partial charge in [-0.15, -0.1) is 0 Å². The molecule has 0 aromatic heterocycles. The standard InChI is InChI=1S/C17H25N3O2/c1-13(2)15-7-5-14(6-8-15)11-19(3)16(21)12-20-10-4-9-18-17(20)22/h5-8,13H,4,9-12H2,1-3H3,(H,18,22). The first-order valence-electron chi connectivity index (χ1n) is 7.83. The molecular formula is C17H25N3O2. The van der Waals surface area contributed by atoms with Crippen LogP contribution in [0.1, 0.15) is 37.3 Å². The third kappa shape index (κ3) is 4.23. The predicted molar refractivity (Wildman–Crippen MR) is 86.6 cm³/mol. The summed E-state index contributed by atoms with van der Waals surface area (Å²) in [5.41, 5.74) is 2.39. The first kappa shape index (κ1) is 16.3. The number of hydrogen-bond donors (Lipinski definition) is 1. The van der Waals surface area contributed by atoms with Crippen LogP contribution in [0.25, 0.3) is 0 Å². The molecule has 1 aromatic carbocycles. The molecule has 1 aliphatic heterocycles. The van der Waals surface area contributed by atoms with Gasteiger partial charge < -0.3 is 15.1 Å². The highest BCUT2D eigenvalue weighted by atomic mass is 16.2. The van der Waals surface area contributed by atoms with Crippen LogP contribution in [0.15, 0.2) is 24.3 Å². The molecule has 0 spiro atoms. The van der Waals surface area contributed by atoms with Gasteiger partial charge in [-0.25, -0.2) is 4.79 Å². The number of likely N-dealkylation sites (N-methyl/N-ethyl adjacent to an activating group) is 1. The third-order valence-electron chi connectivity index (χ3n) is 3.99. The molecule has 0 bridgehead atoms. The van der Waals surface area contributed by atoms with E-state index in [1.807, 2.05) is 0 Å². The minimum Gasteiger partial charge on any atom is -0.340 e. The molecule has 0 radical (unpaired) electrons. The van der Waals surface area contributed by atoms with Gasteiger partial charge in [0.05, 0.1) is 0 Å². The summed E-state index contributed by atoms with van der Waals surface area (Å²) in [6.07, 6.45) is 0.888. The monoisotopic (exact) mass is 303 g/mol. The van der Waals surface area contributed by atoms with E-state index in [4.69, 9.17) is 0 Å². The molecule has 1 fully saturated rings. The summed E-state index contributed by atoms with van der Waals surface area (Å²) < 4.78 is 0. The molecule has 0 aliphatic carbocycles. The second kappa shape index (κ2) is 7.29. The molecular weight excluding hydrogens is 278 g/mol. The summed E-state index contributed by atoms with van der Waals surface area (Å²) in [4.78, 5) is 27.1. The maximum absolute atomic E-state index is 12.2. The molecule has 1 aliphatic rings. The van der Waals surface area contributed by atoms with E-state index < -0.39 is 0 Å². The summed E-state index contributed by atoms with van der Waals surface area (Å²) in [6.45, 7) is 6.37. The Morgan fingerprint density at radius 1 is 1.32 bits per heavy atom. The number of carbonyl (C=O) groups excluding carboxylic acids is 2. The van der Waals surface area contributed by atoms with E-state index in [0.717, 1.165) is 12.0 Å². The smallest absolute Gasteiger partial charge is 0.317 e. The van der Waals surface area contributed by atoms with E-state index >= 15 is 0 Å². The van der Waals surface area contributed by atoms with Gasteiger partial charge in [-0.3, -0.25) is 4.79 Å². The molecule has 3 amide bonds. The van der Waals surface area contributed by atoms with E-state index in [1.165, 1.54) is 5.56 Å². The number of benzene rings is 1. The first-order valence-corrected chi connectivity index (χ1v) is 7.83. The Morgan fingerprint density at radius 2 is 2.00 bits per heavy atom. The zero-order valence-corrected chi connectivity index (χ0v) is 13.6. The van der Waals surface area contributed by atoms with Crippen molar-refractivity contribution >= 4 is 11.9 Å². The average Bonchev–Trinajstić information content (AvgIpc) is 2.50. The molecule has 1 N–H and O–H groups in total. The Balaban J connectivity index is 1.89. The molecule has 0 saturated carbocycles. The van der Waals surface area contributed by atoms with Gasteiger partial charge in [-0.1, -0.05) is 38.1 Å². The van der Waals surface area contributed by atoms with E-state index in [0.29, 0.717) is 25.6 Å². The first-order chi connectivity index (χ1) is 10.5. The van der Waals surface area contributed by atoms with Crippen LogP contribution < -0.4 is 5.32 Å². The second-order valence-electron chi connectivity index (χ2n) is 6.15. The van der Waals surface area contributed by atoms with Crippen LogP contribution in [0.2, 0.25) is 0 Å². The Kier molecular flexibility index (Phi) is 5.41. The molecule has 120 valence electrons. The van der Waals surface area contributed by atoms with Gasteiger partial charge in [0, 0.05) is 26.7 Å². The Labute approximate surface area is 132 Å². The van der Waals surface area contributed by atoms with Crippen molar-refractivity contribution in [3.05, 3.63) is 35.4 Å². The fraction of sp³-hybridized carbons (Fsp3) is 0.529. The van der Waals surface area contributed by atoms with Gasteiger partial charge in [-0.05, 0) is 23.5 Å². The topological polar surface area (TPSA) is 52.7 Å². The highest BCUT2D eigenvalue weighted by Gasteiger charge is 2.21. The van der Waals surface area contributed by atoms with E-state index in [2.05, 4.69) is 43.4 Å². The number of nitrogens with zero attached hydrogens (tertiary/aromatic N) is 2. The number of urea groups is 1. The lowest BCUT2D eigenvalue weighted by molar-refractivity contribution is -0.131. The van der Waals surface area contributed by atoms with Crippen molar-refractivity contribution in [3.63, 3.8) is 0 Å². The fourth-order valence-electron chi connectivity index (χ4n) is 2.48. The van der Waals surface area contributed by atoms with E-state index in [1.54, 1.807) is 16.8 Å². The second-order valence-corrected chi connectivity index (χ2v) is 6.15. The van der Waals surface area contributed by atoms with Gasteiger partial charge in [0.1, 0.15) is 6.54 Å². The summed E-state index contributed by atoms with van der Waals surface area (Å²) in [7, 11) is 1.78. The van der Waals surface area contributed by atoms with Crippen molar-refractivity contribution in [1.29, 1.82) is 0 Å². The molecule has 2 rings (SSSR count). The van der Waals surface area contributed by atoms with Gasteiger partial charge in [0.15, 0.2) is 0 Å². The molecule has 0 unspecified atom stereocenters. The molecule has 1 heterocycles. The van der Waals surface area contributed by atoms with E-state index in [-0.39, 0.29) is 18.5 Å². The lowest BCUT2D eigenvalue weighted by Gasteiger charge is -2.28. The SMILES string of the molecule is CC(C)c1ccc(CN(C)C(=O)CN2CCCNC2=O)cc1. The van der Waals surface area contributed by atoms with Crippen LogP contribution in [-0.4, -0.2) is 48.4 Å². The van der Waals surface area contributed by atoms with Gasteiger partial charge in [0.2, 0.25) is 5.91 Å². The van der Waals surface area contributed by atoms with Gasteiger partial charge in [-0.2, -0.15) is 0 Å². The highest BCUT2D eigenvalue weighted by molar-refractivity contribution is 5.84. The Hall–Kier alpha value is -2.04. The lowest BCUT2D eigenvalue weighted by Crippen LogP contribution is -2.50. The molecule has 22 heavy (non-hydrogen) atoms. The summed E-state index contributed by atoms with van der Waals surface area (Å²) in [5.74, 6) is 0.469. The van der Waals surface area contributed by atoms with Crippen molar-refractivity contribution in [1.82, 2.24) is 15.1 Å². The number of amides is 3. The van der Waals surface area contributed by atoms with Crippen LogP contribution in [0.5, 0.6) is 0 Å². The Morgan fingerprint density at radius 3 is 2.59 bits per heavy atom. The number of nitrogens with one attached hydrogen (secondary N) is 1. The normalized spacial score (nSPS) is 14.9. The molecule has 1 aromatic rings. The molecule has 0 atom stereocenters. The summed E-state index contributed by atoms with van der Waals surface area (Å²) in [6, 6.07) is 8.20. The number of rotatable bonds is 5. The van der Waals surface area contributed by atoms with Crippen LogP contribution in [0, 0.1) is 0 Å². The quantitative estimate of drug-likeness (QED) is 0.906.